The summed E-state index contributed by atoms with van der Waals surface area (Å²) < 4.78 is 6.00. The van der Waals surface area contributed by atoms with Crippen LogP contribution in [-0.2, 0) is 0 Å². The predicted molar refractivity (Wildman–Crippen MR) is 89.1 cm³/mol. The SMILES string of the molecule is CNC(COc1cc(C)cc(C)c1)c1ccc(C)cc1C. The summed E-state index contributed by atoms with van der Waals surface area (Å²) in [6.45, 7) is 9.10. The molecule has 1 unspecified atom stereocenters. The van der Waals surface area contributed by atoms with Crippen molar-refractivity contribution in [1.29, 1.82) is 0 Å². The van der Waals surface area contributed by atoms with Gasteiger partial charge in [-0.2, -0.15) is 0 Å². The van der Waals surface area contributed by atoms with Gasteiger partial charge in [0.25, 0.3) is 0 Å². The molecule has 0 aliphatic rings. The van der Waals surface area contributed by atoms with Crippen LogP contribution in [0.15, 0.2) is 36.4 Å². The first-order chi connectivity index (χ1) is 9.99. The van der Waals surface area contributed by atoms with Gasteiger partial charge >= 0.3 is 0 Å². The highest BCUT2D eigenvalue weighted by Gasteiger charge is 2.13. The average Bonchev–Trinajstić information content (AvgIpc) is 2.40. The van der Waals surface area contributed by atoms with Crippen LogP contribution in [-0.4, -0.2) is 13.7 Å². The van der Waals surface area contributed by atoms with Crippen LogP contribution in [0.4, 0.5) is 0 Å². The Hall–Kier alpha value is -1.80. The van der Waals surface area contributed by atoms with Crippen LogP contribution in [0.1, 0.15) is 33.9 Å². The molecule has 0 aliphatic carbocycles. The van der Waals surface area contributed by atoms with Crippen LogP contribution < -0.4 is 10.1 Å². The maximum Gasteiger partial charge on any atom is 0.119 e. The molecule has 0 aliphatic heterocycles. The maximum absolute atomic E-state index is 6.00. The van der Waals surface area contributed by atoms with Crippen molar-refractivity contribution in [1.82, 2.24) is 5.32 Å². The third-order valence-corrected chi connectivity index (χ3v) is 3.76. The summed E-state index contributed by atoms with van der Waals surface area (Å²) in [6.07, 6.45) is 0. The van der Waals surface area contributed by atoms with E-state index in [1.165, 1.54) is 27.8 Å². The zero-order chi connectivity index (χ0) is 15.4. The molecule has 0 spiro atoms. The molecule has 2 heteroatoms. The zero-order valence-corrected chi connectivity index (χ0v) is 13.7. The van der Waals surface area contributed by atoms with Gasteiger partial charge in [-0.25, -0.2) is 0 Å². The summed E-state index contributed by atoms with van der Waals surface area (Å²) in [6, 6.07) is 13.1. The van der Waals surface area contributed by atoms with E-state index < -0.39 is 0 Å². The molecule has 1 N–H and O–H groups in total. The third kappa shape index (κ3) is 4.08. The summed E-state index contributed by atoms with van der Waals surface area (Å²) in [7, 11) is 1.98. The first-order valence-electron chi connectivity index (χ1n) is 7.45. The van der Waals surface area contributed by atoms with Gasteiger partial charge in [0.15, 0.2) is 0 Å². The van der Waals surface area contributed by atoms with Gasteiger partial charge in [0.1, 0.15) is 12.4 Å². The second-order valence-corrected chi connectivity index (χ2v) is 5.84. The number of benzene rings is 2. The topological polar surface area (TPSA) is 21.3 Å². The second-order valence-electron chi connectivity index (χ2n) is 5.84. The molecule has 0 amide bonds. The molecule has 0 heterocycles. The molecule has 0 saturated heterocycles. The largest absolute Gasteiger partial charge is 0.492 e. The normalized spacial score (nSPS) is 12.2. The predicted octanol–water partition coefficient (Wildman–Crippen LogP) is 4.26. The number of aryl methyl sites for hydroxylation is 4. The molecule has 0 fully saturated rings. The van der Waals surface area contributed by atoms with Crippen molar-refractivity contribution >= 4 is 0 Å². The maximum atomic E-state index is 6.00. The molecule has 112 valence electrons. The Kier molecular flexibility index (Phi) is 5.03. The van der Waals surface area contributed by atoms with E-state index in [1.807, 2.05) is 7.05 Å². The number of ether oxygens (including phenoxy) is 1. The van der Waals surface area contributed by atoms with Crippen LogP contribution in [0.2, 0.25) is 0 Å². The van der Waals surface area contributed by atoms with Crippen molar-refractivity contribution < 1.29 is 4.74 Å². The van der Waals surface area contributed by atoms with Crippen molar-refractivity contribution in [2.75, 3.05) is 13.7 Å². The van der Waals surface area contributed by atoms with Crippen LogP contribution in [0.5, 0.6) is 5.75 Å². The number of likely N-dealkylation sites (N-methyl/N-ethyl adjacent to an activating group) is 1. The highest BCUT2D eigenvalue weighted by atomic mass is 16.5. The van der Waals surface area contributed by atoms with Gasteiger partial charge in [-0.3, -0.25) is 0 Å². The van der Waals surface area contributed by atoms with Gasteiger partial charge in [0, 0.05) is 0 Å². The van der Waals surface area contributed by atoms with E-state index >= 15 is 0 Å². The van der Waals surface area contributed by atoms with Gasteiger partial charge in [0.2, 0.25) is 0 Å². The minimum absolute atomic E-state index is 0.200. The van der Waals surface area contributed by atoms with E-state index in [4.69, 9.17) is 4.74 Å². The molecular weight excluding hydrogens is 258 g/mol. The number of nitrogens with one attached hydrogen (secondary N) is 1. The van der Waals surface area contributed by atoms with Crippen molar-refractivity contribution in [3.8, 4) is 5.75 Å². The Morgan fingerprint density at radius 3 is 2.14 bits per heavy atom. The Morgan fingerprint density at radius 2 is 1.57 bits per heavy atom. The fourth-order valence-corrected chi connectivity index (χ4v) is 2.74. The Balaban J connectivity index is 2.12. The van der Waals surface area contributed by atoms with Crippen LogP contribution in [0, 0.1) is 27.7 Å². The van der Waals surface area contributed by atoms with Crippen molar-refractivity contribution in [2.24, 2.45) is 0 Å². The van der Waals surface area contributed by atoms with Crippen molar-refractivity contribution in [3.63, 3.8) is 0 Å². The number of rotatable bonds is 5. The standard InChI is InChI=1S/C19H25NO/c1-13-6-7-18(16(4)9-13)19(20-5)12-21-17-10-14(2)8-15(3)11-17/h6-11,19-20H,12H2,1-5H3. The minimum Gasteiger partial charge on any atom is -0.492 e. The van der Waals surface area contributed by atoms with Crippen molar-refractivity contribution in [3.05, 3.63) is 64.2 Å². The molecule has 1 atom stereocenters. The Morgan fingerprint density at radius 1 is 0.905 bits per heavy atom. The number of hydrogen-bond acceptors (Lipinski definition) is 2. The lowest BCUT2D eigenvalue weighted by atomic mass is 10.00. The Labute approximate surface area is 128 Å². The van der Waals surface area contributed by atoms with E-state index in [2.05, 4.69) is 69.4 Å². The molecule has 0 saturated carbocycles. The molecule has 0 bridgehead atoms. The van der Waals surface area contributed by atoms with E-state index in [-0.39, 0.29) is 6.04 Å². The highest BCUT2D eigenvalue weighted by Crippen LogP contribution is 2.22. The summed E-state index contributed by atoms with van der Waals surface area (Å²) >= 11 is 0. The lowest BCUT2D eigenvalue weighted by Crippen LogP contribution is -2.24. The quantitative estimate of drug-likeness (QED) is 0.885. The van der Waals surface area contributed by atoms with Gasteiger partial charge in [0.05, 0.1) is 6.04 Å². The molecular formula is C19H25NO. The van der Waals surface area contributed by atoms with Crippen molar-refractivity contribution in [2.45, 2.75) is 33.7 Å². The molecule has 21 heavy (non-hydrogen) atoms. The zero-order valence-electron chi connectivity index (χ0n) is 13.7. The second kappa shape index (κ2) is 6.77. The summed E-state index contributed by atoms with van der Waals surface area (Å²) in [4.78, 5) is 0. The van der Waals surface area contributed by atoms with E-state index in [0.717, 1.165) is 5.75 Å². The molecule has 2 aromatic carbocycles. The smallest absolute Gasteiger partial charge is 0.119 e. The van der Waals surface area contributed by atoms with Gasteiger partial charge in [-0.15, -0.1) is 0 Å². The molecule has 0 radical (unpaired) electrons. The van der Waals surface area contributed by atoms with E-state index in [0.29, 0.717) is 6.61 Å². The van der Waals surface area contributed by atoms with Gasteiger partial charge < -0.3 is 10.1 Å². The first-order valence-corrected chi connectivity index (χ1v) is 7.45. The van der Waals surface area contributed by atoms with Crippen LogP contribution in [0.3, 0.4) is 0 Å². The highest BCUT2D eigenvalue weighted by molar-refractivity contribution is 5.35. The number of hydrogen-bond donors (Lipinski definition) is 1. The minimum atomic E-state index is 0.200. The average molecular weight is 283 g/mol. The van der Waals surface area contributed by atoms with Gasteiger partial charge in [-0.1, -0.05) is 29.8 Å². The molecule has 2 nitrogen and oxygen atoms in total. The van der Waals surface area contributed by atoms with Gasteiger partial charge in [-0.05, 0) is 69.1 Å². The first kappa shape index (κ1) is 15.6. The van der Waals surface area contributed by atoms with Crippen LogP contribution in [0.25, 0.3) is 0 Å². The fraction of sp³-hybridized carbons (Fsp3) is 0.368. The molecule has 2 aromatic rings. The van der Waals surface area contributed by atoms with E-state index in [9.17, 15) is 0 Å². The molecule has 2 rings (SSSR count). The Bertz CT molecular complexity index is 599. The monoisotopic (exact) mass is 283 g/mol. The summed E-state index contributed by atoms with van der Waals surface area (Å²) in [5, 5.41) is 3.35. The fourth-order valence-electron chi connectivity index (χ4n) is 2.74. The van der Waals surface area contributed by atoms with E-state index in [1.54, 1.807) is 0 Å². The lowest BCUT2D eigenvalue weighted by Gasteiger charge is -2.20. The summed E-state index contributed by atoms with van der Waals surface area (Å²) in [5.74, 6) is 0.942. The molecule has 0 aromatic heterocycles. The summed E-state index contributed by atoms with van der Waals surface area (Å²) in [5.41, 5.74) is 6.36. The lowest BCUT2D eigenvalue weighted by molar-refractivity contribution is 0.272. The third-order valence-electron chi connectivity index (χ3n) is 3.76. The van der Waals surface area contributed by atoms with Crippen LogP contribution >= 0.6 is 0 Å².